The molecule has 6 nitrogen and oxygen atoms in total. The van der Waals surface area contributed by atoms with Crippen molar-refractivity contribution in [1.82, 2.24) is 10.2 Å². The number of rotatable bonds is 27. The minimum atomic E-state index is 0.0791. The van der Waals surface area contributed by atoms with Crippen LogP contribution in [0.25, 0.3) is 0 Å². The topological polar surface area (TPSA) is 52.2 Å². The van der Waals surface area contributed by atoms with Crippen LogP contribution in [0, 0.1) is 0 Å². The molecular formula is C34H68N2O4. The molecule has 0 aromatic heterocycles. The van der Waals surface area contributed by atoms with Gasteiger partial charge in [-0.15, -0.1) is 0 Å². The lowest BCUT2D eigenvalue weighted by molar-refractivity contribution is -0.163. The summed E-state index contributed by atoms with van der Waals surface area (Å²) in [6.45, 7) is 5.84. The van der Waals surface area contributed by atoms with Crippen molar-refractivity contribution in [2.75, 3.05) is 53.6 Å². The molecular weight excluding hydrogens is 500 g/mol. The van der Waals surface area contributed by atoms with Crippen molar-refractivity contribution >= 4 is 0 Å². The Morgan fingerprint density at radius 2 is 1.05 bits per heavy atom. The summed E-state index contributed by atoms with van der Waals surface area (Å²) in [5.41, 5.74) is 0. The summed E-state index contributed by atoms with van der Waals surface area (Å²) in [6, 6.07) is 0.709. The van der Waals surface area contributed by atoms with Crippen LogP contribution in [0.4, 0.5) is 0 Å². The average molecular weight is 569 g/mol. The van der Waals surface area contributed by atoms with E-state index < -0.39 is 0 Å². The molecule has 2 aliphatic rings. The summed E-state index contributed by atoms with van der Waals surface area (Å²) in [5.74, 6) is 0. The van der Waals surface area contributed by atoms with Gasteiger partial charge in [-0.1, -0.05) is 77.0 Å². The van der Waals surface area contributed by atoms with Gasteiger partial charge in [0, 0.05) is 32.5 Å². The van der Waals surface area contributed by atoms with Crippen LogP contribution >= 0.6 is 0 Å². The standard InChI is InChI=1S/C34H68N2O4/c1-36(2)27-21-26-35-32(22-13-9-5-3-7-11-17-28-37-33-24-15-19-30-39-33)23-14-10-6-4-8-12-18-29-38-34-25-16-20-31-40-34/h32-35H,3-31H2,1-2H3. The fourth-order valence-corrected chi connectivity index (χ4v) is 5.92. The second-order valence-electron chi connectivity index (χ2n) is 12.7. The molecule has 0 amide bonds. The number of hydrogen-bond donors (Lipinski definition) is 1. The SMILES string of the molecule is CN(C)CCCNC(CCCCCCCCCOC1CCCCO1)CCCCCCCCCOC1CCCCO1. The van der Waals surface area contributed by atoms with E-state index in [2.05, 4.69) is 24.3 Å². The zero-order valence-electron chi connectivity index (χ0n) is 26.8. The van der Waals surface area contributed by atoms with E-state index in [0.29, 0.717) is 6.04 Å². The van der Waals surface area contributed by atoms with Crippen LogP contribution in [0.1, 0.15) is 148 Å². The summed E-state index contributed by atoms with van der Waals surface area (Å²) in [6.07, 6.45) is 29.9. The number of nitrogens with one attached hydrogen (secondary N) is 1. The molecule has 2 fully saturated rings. The molecule has 0 aromatic rings. The van der Waals surface area contributed by atoms with Crippen molar-refractivity contribution in [2.45, 2.75) is 166 Å². The van der Waals surface area contributed by atoms with E-state index in [-0.39, 0.29) is 12.6 Å². The maximum Gasteiger partial charge on any atom is 0.157 e. The first-order valence-electron chi connectivity index (χ1n) is 17.6. The Morgan fingerprint density at radius 1 is 0.600 bits per heavy atom. The molecule has 2 unspecified atom stereocenters. The number of ether oxygens (including phenoxy) is 4. The average Bonchev–Trinajstić information content (AvgIpc) is 2.97. The molecule has 2 saturated heterocycles. The molecule has 1 N–H and O–H groups in total. The van der Waals surface area contributed by atoms with E-state index in [1.165, 1.54) is 141 Å². The fraction of sp³-hybridized carbons (Fsp3) is 1.00. The molecule has 0 radical (unpaired) electrons. The van der Waals surface area contributed by atoms with E-state index in [4.69, 9.17) is 18.9 Å². The second kappa shape index (κ2) is 26.4. The maximum atomic E-state index is 5.86. The lowest BCUT2D eigenvalue weighted by Crippen LogP contribution is -2.31. The van der Waals surface area contributed by atoms with Gasteiger partial charge in [0.25, 0.3) is 0 Å². The van der Waals surface area contributed by atoms with Crippen LogP contribution in [0.5, 0.6) is 0 Å². The third-order valence-corrected chi connectivity index (χ3v) is 8.49. The summed E-state index contributed by atoms with van der Waals surface area (Å²) >= 11 is 0. The van der Waals surface area contributed by atoms with Crippen molar-refractivity contribution in [3.8, 4) is 0 Å². The zero-order chi connectivity index (χ0) is 28.4. The Bertz CT molecular complexity index is 486. The highest BCUT2D eigenvalue weighted by Gasteiger charge is 2.14. The van der Waals surface area contributed by atoms with Gasteiger partial charge in [-0.05, 0) is 97.8 Å². The number of nitrogens with zero attached hydrogens (tertiary/aromatic N) is 1. The summed E-state index contributed by atoms with van der Waals surface area (Å²) in [5, 5.41) is 3.90. The maximum absolute atomic E-state index is 5.86. The molecule has 2 rings (SSSR count). The van der Waals surface area contributed by atoms with Crippen molar-refractivity contribution in [1.29, 1.82) is 0 Å². The van der Waals surface area contributed by atoms with Crippen molar-refractivity contribution in [3.05, 3.63) is 0 Å². The Morgan fingerprint density at radius 3 is 1.48 bits per heavy atom. The normalized spacial score (nSPS) is 20.8. The summed E-state index contributed by atoms with van der Waals surface area (Å²) < 4.78 is 23.0. The first kappa shape index (κ1) is 36.0. The molecule has 0 aromatic carbocycles. The highest BCUT2D eigenvalue weighted by Crippen LogP contribution is 2.17. The van der Waals surface area contributed by atoms with Crippen molar-refractivity contribution in [3.63, 3.8) is 0 Å². The predicted molar refractivity (Wildman–Crippen MR) is 168 cm³/mol. The minimum Gasteiger partial charge on any atom is -0.353 e. The predicted octanol–water partition coefficient (Wildman–Crippen LogP) is 8.22. The first-order valence-corrected chi connectivity index (χ1v) is 17.6. The van der Waals surface area contributed by atoms with Gasteiger partial charge >= 0.3 is 0 Å². The third kappa shape index (κ3) is 21.5. The van der Waals surface area contributed by atoms with Crippen LogP contribution in [0.15, 0.2) is 0 Å². The monoisotopic (exact) mass is 569 g/mol. The van der Waals surface area contributed by atoms with E-state index in [1.807, 2.05) is 0 Å². The molecule has 2 heterocycles. The van der Waals surface area contributed by atoms with E-state index in [1.54, 1.807) is 0 Å². The van der Waals surface area contributed by atoms with Crippen molar-refractivity contribution in [2.24, 2.45) is 0 Å². The van der Waals surface area contributed by atoms with Crippen LogP contribution in [0.2, 0.25) is 0 Å². The van der Waals surface area contributed by atoms with Crippen LogP contribution in [-0.4, -0.2) is 77.1 Å². The van der Waals surface area contributed by atoms with Crippen LogP contribution in [0.3, 0.4) is 0 Å². The molecule has 2 atom stereocenters. The minimum absolute atomic E-state index is 0.0791. The molecule has 0 aliphatic carbocycles. The smallest absolute Gasteiger partial charge is 0.157 e. The van der Waals surface area contributed by atoms with Gasteiger partial charge in [-0.3, -0.25) is 0 Å². The Hall–Kier alpha value is -0.240. The van der Waals surface area contributed by atoms with Gasteiger partial charge in [0.2, 0.25) is 0 Å². The molecule has 2 aliphatic heterocycles. The van der Waals surface area contributed by atoms with E-state index >= 15 is 0 Å². The highest BCUT2D eigenvalue weighted by atomic mass is 16.7. The Kier molecular flexibility index (Phi) is 23.7. The molecule has 0 spiro atoms. The van der Waals surface area contributed by atoms with Crippen LogP contribution < -0.4 is 5.32 Å². The van der Waals surface area contributed by atoms with E-state index in [0.717, 1.165) is 45.8 Å². The summed E-state index contributed by atoms with van der Waals surface area (Å²) in [4.78, 5) is 2.29. The fourth-order valence-electron chi connectivity index (χ4n) is 5.92. The Balaban J connectivity index is 1.40. The van der Waals surface area contributed by atoms with E-state index in [9.17, 15) is 0 Å². The quantitative estimate of drug-likeness (QED) is 0.101. The molecule has 238 valence electrons. The molecule has 0 bridgehead atoms. The lowest BCUT2D eigenvalue weighted by atomic mass is 9.99. The number of hydrogen-bond acceptors (Lipinski definition) is 6. The molecule has 40 heavy (non-hydrogen) atoms. The second-order valence-corrected chi connectivity index (χ2v) is 12.7. The van der Waals surface area contributed by atoms with Gasteiger partial charge in [0.05, 0.1) is 0 Å². The third-order valence-electron chi connectivity index (χ3n) is 8.49. The van der Waals surface area contributed by atoms with Gasteiger partial charge in [0.1, 0.15) is 0 Å². The largest absolute Gasteiger partial charge is 0.353 e. The van der Waals surface area contributed by atoms with Gasteiger partial charge < -0.3 is 29.2 Å². The lowest BCUT2D eigenvalue weighted by Gasteiger charge is -2.22. The van der Waals surface area contributed by atoms with Gasteiger partial charge in [0.15, 0.2) is 12.6 Å². The van der Waals surface area contributed by atoms with Gasteiger partial charge in [-0.25, -0.2) is 0 Å². The van der Waals surface area contributed by atoms with Gasteiger partial charge in [-0.2, -0.15) is 0 Å². The van der Waals surface area contributed by atoms with Crippen molar-refractivity contribution < 1.29 is 18.9 Å². The molecule has 6 heteroatoms. The number of unbranched alkanes of at least 4 members (excludes halogenated alkanes) is 12. The highest BCUT2D eigenvalue weighted by molar-refractivity contribution is 4.68. The first-order chi connectivity index (χ1) is 19.7. The summed E-state index contributed by atoms with van der Waals surface area (Å²) in [7, 11) is 4.35. The molecule has 0 saturated carbocycles. The van der Waals surface area contributed by atoms with Crippen LogP contribution in [-0.2, 0) is 18.9 Å². The Labute approximate surface area is 249 Å². The zero-order valence-corrected chi connectivity index (χ0v) is 26.8.